The van der Waals surface area contributed by atoms with Crippen molar-refractivity contribution in [1.82, 2.24) is 20.2 Å². The molecule has 1 rings (SSSR count). The number of hydrogen-bond acceptors (Lipinski definition) is 3. The molecule has 1 heterocycles. The summed E-state index contributed by atoms with van der Waals surface area (Å²) >= 11 is 11.7. The number of hydrogen-bond donors (Lipinski definition) is 2. The van der Waals surface area contributed by atoms with Crippen LogP contribution in [-0.2, 0) is 18.4 Å². The van der Waals surface area contributed by atoms with Crippen molar-refractivity contribution in [2.45, 2.75) is 13.0 Å². The number of carbonyl (C=O) groups is 1. The van der Waals surface area contributed by atoms with Crippen LogP contribution in [0.3, 0.4) is 0 Å². The molecule has 1 aromatic heterocycles. The molecular weight excluding hydrogens is 251 g/mol. The quantitative estimate of drug-likeness (QED) is 0.779. The predicted molar refractivity (Wildman–Crippen MR) is 63.6 cm³/mol. The highest BCUT2D eigenvalue weighted by molar-refractivity contribution is 6.32. The van der Waals surface area contributed by atoms with Gasteiger partial charge in [-0.25, -0.2) is 4.98 Å². The Bertz CT molecular complexity index is 378. The highest BCUT2D eigenvalue weighted by atomic mass is 35.5. The molecule has 0 spiro atoms. The Morgan fingerprint density at radius 2 is 2.19 bits per heavy atom. The van der Waals surface area contributed by atoms with Crippen LogP contribution in [0.4, 0.5) is 0 Å². The standard InChI is InChI=1S/C9H14Cl2N4O/c1-12-7(16)3-4-13-5-6-8(10)14-9(11)15(6)2/h13H,3-5H2,1-2H3,(H,12,16). The second-order valence-corrected chi connectivity index (χ2v) is 3.97. The minimum Gasteiger partial charge on any atom is -0.359 e. The third kappa shape index (κ3) is 3.37. The van der Waals surface area contributed by atoms with Crippen LogP contribution in [0.25, 0.3) is 0 Å². The lowest BCUT2D eigenvalue weighted by molar-refractivity contribution is -0.120. The van der Waals surface area contributed by atoms with Gasteiger partial charge in [0.25, 0.3) is 0 Å². The van der Waals surface area contributed by atoms with Crippen LogP contribution in [0, 0.1) is 0 Å². The van der Waals surface area contributed by atoms with Crippen molar-refractivity contribution in [3.8, 4) is 0 Å². The maximum atomic E-state index is 10.9. The van der Waals surface area contributed by atoms with Crippen LogP contribution in [0.15, 0.2) is 0 Å². The number of nitrogens with zero attached hydrogens (tertiary/aromatic N) is 2. The van der Waals surface area contributed by atoms with E-state index in [0.717, 1.165) is 5.69 Å². The summed E-state index contributed by atoms with van der Waals surface area (Å²) in [7, 11) is 3.40. The molecule has 1 amide bonds. The molecule has 7 heteroatoms. The van der Waals surface area contributed by atoms with E-state index in [2.05, 4.69) is 15.6 Å². The summed E-state index contributed by atoms with van der Waals surface area (Å²) in [6, 6.07) is 0. The maximum absolute atomic E-state index is 10.9. The van der Waals surface area contributed by atoms with Gasteiger partial charge >= 0.3 is 0 Å². The molecule has 0 saturated carbocycles. The lowest BCUT2D eigenvalue weighted by atomic mass is 10.4. The Kier molecular flexibility index (Phi) is 5.05. The third-order valence-corrected chi connectivity index (χ3v) is 2.85. The molecule has 0 fully saturated rings. The lowest BCUT2D eigenvalue weighted by Crippen LogP contribution is -2.25. The van der Waals surface area contributed by atoms with Gasteiger partial charge in [-0.05, 0) is 11.6 Å². The van der Waals surface area contributed by atoms with Crippen molar-refractivity contribution in [2.24, 2.45) is 7.05 Å². The number of halogens is 2. The number of carbonyl (C=O) groups excluding carboxylic acids is 1. The highest BCUT2D eigenvalue weighted by Gasteiger charge is 2.10. The maximum Gasteiger partial charge on any atom is 0.221 e. The zero-order valence-corrected chi connectivity index (χ0v) is 10.7. The summed E-state index contributed by atoms with van der Waals surface area (Å²) < 4.78 is 1.71. The van der Waals surface area contributed by atoms with Gasteiger partial charge in [0.1, 0.15) is 0 Å². The van der Waals surface area contributed by atoms with Gasteiger partial charge in [0.05, 0.1) is 5.69 Å². The zero-order chi connectivity index (χ0) is 12.1. The van der Waals surface area contributed by atoms with E-state index in [1.165, 1.54) is 0 Å². The summed E-state index contributed by atoms with van der Waals surface area (Å²) in [5.74, 6) is 0.00151. The molecule has 0 aliphatic heterocycles. The largest absolute Gasteiger partial charge is 0.359 e. The highest BCUT2D eigenvalue weighted by Crippen LogP contribution is 2.18. The first kappa shape index (κ1) is 13.3. The molecule has 0 aliphatic carbocycles. The van der Waals surface area contributed by atoms with Gasteiger partial charge in [-0.3, -0.25) is 4.79 Å². The molecule has 90 valence electrons. The van der Waals surface area contributed by atoms with E-state index in [-0.39, 0.29) is 5.91 Å². The molecule has 5 nitrogen and oxygen atoms in total. The molecule has 16 heavy (non-hydrogen) atoms. The first-order valence-electron chi connectivity index (χ1n) is 4.84. The second kappa shape index (κ2) is 6.08. The summed E-state index contributed by atoms with van der Waals surface area (Å²) in [6.07, 6.45) is 0.430. The van der Waals surface area contributed by atoms with Crippen molar-refractivity contribution < 1.29 is 4.79 Å². The average Bonchev–Trinajstić information content (AvgIpc) is 2.49. The number of imidazole rings is 1. The van der Waals surface area contributed by atoms with E-state index in [0.29, 0.717) is 29.9 Å². The monoisotopic (exact) mass is 264 g/mol. The van der Waals surface area contributed by atoms with Gasteiger partial charge in [-0.15, -0.1) is 0 Å². The van der Waals surface area contributed by atoms with Crippen molar-refractivity contribution in [3.63, 3.8) is 0 Å². The Hall–Kier alpha value is -0.780. The van der Waals surface area contributed by atoms with Crippen LogP contribution in [0.5, 0.6) is 0 Å². The van der Waals surface area contributed by atoms with Crippen molar-refractivity contribution in [3.05, 3.63) is 16.1 Å². The van der Waals surface area contributed by atoms with Crippen LogP contribution in [-0.4, -0.2) is 29.1 Å². The SMILES string of the molecule is CNC(=O)CCNCc1c(Cl)nc(Cl)n1C. The van der Waals surface area contributed by atoms with Crippen LogP contribution in [0.1, 0.15) is 12.1 Å². The zero-order valence-electron chi connectivity index (χ0n) is 9.18. The Morgan fingerprint density at radius 3 is 2.69 bits per heavy atom. The minimum atomic E-state index is 0.00151. The Morgan fingerprint density at radius 1 is 1.50 bits per heavy atom. The first-order valence-corrected chi connectivity index (χ1v) is 5.59. The number of nitrogens with one attached hydrogen (secondary N) is 2. The van der Waals surface area contributed by atoms with E-state index in [9.17, 15) is 4.79 Å². The molecule has 0 aromatic carbocycles. The Balaban J connectivity index is 2.40. The second-order valence-electron chi connectivity index (χ2n) is 3.28. The third-order valence-electron chi connectivity index (χ3n) is 2.21. The molecule has 0 saturated heterocycles. The van der Waals surface area contributed by atoms with Crippen molar-refractivity contribution in [1.29, 1.82) is 0 Å². The van der Waals surface area contributed by atoms with Gasteiger partial charge < -0.3 is 15.2 Å². The summed E-state index contributed by atoms with van der Waals surface area (Å²) in [4.78, 5) is 14.9. The number of rotatable bonds is 5. The summed E-state index contributed by atoms with van der Waals surface area (Å²) in [6.45, 7) is 1.12. The lowest BCUT2D eigenvalue weighted by Gasteiger charge is -2.05. The summed E-state index contributed by atoms with van der Waals surface area (Å²) in [5.41, 5.74) is 0.809. The fourth-order valence-electron chi connectivity index (χ4n) is 1.20. The van der Waals surface area contributed by atoms with E-state index in [1.54, 1.807) is 18.7 Å². The predicted octanol–water partition coefficient (Wildman–Crippen LogP) is 0.953. The Labute approximate surface area is 104 Å². The summed E-state index contributed by atoms with van der Waals surface area (Å²) in [5, 5.41) is 6.39. The fourth-order valence-corrected chi connectivity index (χ4v) is 1.70. The van der Waals surface area contributed by atoms with Gasteiger partial charge in [0.15, 0.2) is 5.15 Å². The van der Waals surface area contributed by atoms with Crippen LogP contribution in [0.2, 0.25) is 10.4 Å². The molecule has 0 radical (unpaired) electrons. The molecule has 0 bridgehead atoms. The van der Waals surface area contributed by atoms with Gasteiger partial charge in [0.2, 0.25) is 11.2 Å². The van der Waals surface area contributed by atoms with E-state index in [4.69, 9.17) is 23.2 Å². The van der Waals surface area contributed by atoms with Gasteiger partial charge in [0, 0.05) is 33.6 Å². The molecule has 2 N–H and O–H groups in total. The van der Waals surface area contributed by atoms with Gasteiger partial charge in [-0.2, -0.15) is 0 Å². The van der Waals surface area contributed by atoms with E-state index < -0.39 is 0 Å². The first-order chi connectivity index (χ1) is 7.56. The number of amides is 1. The van der Waals surface area contributed by atoms with Crippen molar-refractivity contribution >= 4 is 29.1 Å². The van der Waals surface area contributed by atoms with E-state index in [1.807, 2.05) is 0 Å². The number of aromatic nitrogens is 2. The van der Waals surface area contributed by atoms with Crippen LogP contribution >= 0.6 is 23.2 Å². The molecule has 0 unspecified atom stereocenters. The minimum absolute atomic E-state index is 0.00151. The fraction of sp³-hybridized carbons (Fsp3) is 0.556. The normalized spacial score (nSPS) is 10.5. The molecule has 0 aliphatic rings. The molecule has 0 atom stereocenters. The molecular formula is C9H14Cl2N4O. The average molecular weight is 265 g/mol. The molecule has 1 aromatic rings. The van der Waals surface area contributed by atoms with E-state index >= 15 is 0 Å². The van der Waals surface area contributed by atoms with Gasteiger partial charge in [-0.1, -0.05) is 11.6 Å². The van der Waals surface area contributed by atoms with Crippen LogP contribution < -0.4 is 10.6 Å². The smallest absolute Gasteiger partial charge is 0.221 e. The topological polar surface area (TPSA) is 59.0 Å². The van der Waals surface area contributed by atoms with Crippen molar-refractivity contribution in [2.75, 3.05) is 13.6 Å².